The van der Waals surface area contributed by atoms with Crippen molar-refractivity contribution in [1.29, 1.82) is 5.26 Å². The van der Waals surface area contributed by atoms with Gasteiger partial charge in [0, 0.05) is 18.5 Å². The van der Waals surface area contributed by atoms with E-state index in [9.17, 15) is 9.65 Å². The maximum absolute atomic E-state index is 14.2. The Hall–Kier alpha value is -1.11. The molecule has 1 fully saturated rings. The highest BCUT2D eigenvalue weighted by molar-refractivity contribution is 6.30. The number of nitrogens with zero attached hydrogens (tertiary/aromatic N) is 1. The number of hydrogen-bond donors (Lipinski definition) is 1. The number of benzene rings is 1. The maximum Gasteiger partial charge on any atom is 0.145 e. The molecule has 3 atom stereocenters. The summed E-state index contributed by atoms with van der Waals surface area (Å²) in [5.74, 6) is -0.739. The van der Waals surface area contributed by atoms with Crippen LogP contribution < -0.4 is 5.32 Å². The quantitative estimate of drug-likeness (QED) is 0.889. The van der Waals surface area contributed by atoms with Gasteiger partial charge in [0.1, 0.15) is 5.82 Å². The highest BCUT2D eigenvalue weighted by Crippen LogP contribution is 2.39. The van der Waals surface area contributed by atoms with Crippen LogP contribution in [0.15, 0.2) is 18.2 Å². The smallest absolute Gasteiger partial charge is 0.145 e. The normalized spacial score (nSPS) is 25.8. The second-order valence-electron chi connectivity index (χ2n) is 6.64. The lowest BCUT2D eigenvalue weighted by molar-refractivity contribution is 0.266. The van der Waals surface area contributed by atoms with Gasteiger partial charge in [-0.05, 0) is 23.5 Å². The molecule has 2 rings (SSSR count). The Bertz CT molecular complexity index is 550. The van der Waals surface area contributed by atoms with Crippen molar-refractivity contribution >= 4 is 11.6 Å². The van der Waals surface area contributed by atoms with Crippen molar-refractivity contribution < 1.29 is 4.39 Å². The number of nitrogens with one attached hydrogen (secondary N) is 1. The maximum atomic E-state index is 14.2. The van der Waals surface area contributed by atoms with Crippen LogP contribution in [0.1, 0.15) is 45.1 Å². The zero-order valence-electron chi connectivity index (χ0n) is 12.8. The summed E-state index contributed by atoms with van der Waals surface area (Å²) < 4.78 is 14.2. The largest absolute Gasteiger partial charge is 0.312 e. The second kappa shape index (κ2) is 6.34. The van der Waals surface area contributed by atoms with E-state index in [1.807, 2.05) is 0 Å². The van der Waals surface area contributed by atoms with E-state index >= 15 is 0 Å². The predicted octanol–water partition coefficient (Wildman–Crippen LogP) is 4.50. The Morgan fingerprint density at radius 2 is 2.19 bits per heavy atom. The summed E-state index contributed by atoms with van der Waals surface area (Å²) in [7, 11) is 0. The van der Waals surface area contributed by atoms with Gasteiger partial charge in [-0.3, -0.25) is 0 Å². The summed E-state index contributed by atoms with van der Waals surface area (Å²) >= 11 is 5.87. The van der Waals surface area contributed by atoms with Crippen LogP contribution in [0, 0.1) is 28.5 Å². The molecule has 1 saturated heterocycles. The monoisotopic (exact) mass is 308 g/mol. The first-order valence-corrected chi connectivity index (χ1v) is 7.84. The molecule has 1 aromatic carbocycles. The van der Waals surface area contributed by atoms with E-state index in [0.717, 1.165) is 12.8 Å². The van der Waals surface area contributed by atoms with Crippen LogP contribution in [-0.2, 0) is 0 Å². The van der Waals surface area contributed by atoms with E-state index in [0.29, 0.717) is 12.1 Å². The zero-order chi connectivity index (χ0) is 15.6. The molecule has 0 radical (unpaired) electrons. The first-order chi connectivity index (χ1) is 9.89. The van der Waals surface area contributed by atoms with Gasteiger partial charge < -0.3 is 5.32 Å². The van der Waals surface area contributed by atoms with Crippen LogP contribution in [0.4, 0.5) is 4.39 Å². The van der Waals surface area contributed by atoms with Gasteiger partial charge >= 0.3 is 0 Å². The molecule has 1 heterocycles. The third-order valence-electron chi connectivity index (χ3n) is 4.73. The van der Waals surface area contributed by atoms with E-state index in [4.69, 9.17) is 11.6 Å². The lowest BCUT2D eigenvalue weighted by atomic mass is 9.77. The fourth-order valence-corrected chi connectivity index (χ4v) is 3.22. The minimum absolute atomic E-state index is 0.105. The molecular formula is C17H22ClFN2. The lowest BCUT2D eigenvalue weighted by Gasteiger charge is -2.28. The first kappa shape index (κ1) is 16.3. The van der Waals surface area contributed by atoms with Crippen molar-refractivity contribution in [3.05, 3.63) is 34.6 Å². The standard InChI is InChI=1S/C17H22ClFN2/c1-4-17(2,3)8-15-12(9-20)13(10-21-15)11-6-5-7-14(18)16(11)19/h5-7,12-13,15,21H,4,8,10H2,1-3H3. The highest BCUT2D eigenvalue weighted by atomic mass is 35.5. The van der Waals surface area contributed by atoms with Crippen LogP contribution in [0.3, 0.4) is 0 Å². The molecule has 1 aromatic rings. The van der Waals surface area contributed by atoms with Gasteiger partial charge in [-0.1, -0.05) is 50.9 Å². The Labute approximate surface area is 131 Å². The van der Waals surface area contributed by atoms with E-state index in [2.05, 4.69) is 32.2 Å². The van der Waals surface area contributed by atoms with E-state index in [-0.39, 0.29) is 34.1 Å². The van der Waals surface area contributed by atoms with Gasteiger partial charge in [0.15, 0.2) is 0 Å². The van der Waals surface area contributed by atoms with E-state index < -0.39 is 0 Å². The summed E-state index contributed by atoms with van der Waals surface area (Å²) in [6.45, 7) is 7.19. The molecule has 3 unspecified atom stereocenters. The summed E-state index contributed by atoms with van der Waals surface area (Å²) in [6, 6.07) is 7.52. The minimum atomic E-state index is -0.387. The predicted molar refractivity (Wildman–Crippen MR) is 83.7 cm³/mol. The van der Waals surface area contributed by atoms with Crippen LogP contribution in [-0.4, -0.2) is 12.6 Å². The molecule has 4 heteroatoms. The van der Waals surface area contributed by atoms with Crippen LogP contribution in [0.5, 0.6) is 0 Å². The summed E-state index contributed by atoms with van der Waals surface area (Å²) in [5.41, 5.74) is 0.729. The van der Waals surface area contributed by atoms with E-state index in [1.54, 1.807) is 18.2 Å². The van der Waals surface area contributed by atoms with Crippen molar-refractivity contribution in [3.63, 3.8) is 0 Å². The van der Waals surface area contributed by atoms with Crippen LogP contribution >= 0.6 is 11.6 Å². The van der Waals surface area contributed by atoms with Gasteiger partial charge in [0.25, 0.3) is 0 Å². The lowest BCUT2D eigenvalue weighted by Crippen LogP contribution is -2.32. The number of halogens is 2. The zero-order valence-corrected chi connectivity index (χ0v) is 13.5. The van der Waals surface area contributed by atoms with Crippen molar-refractivity contribution in [3.8, 4) is 6.07 Å². The molecule has 1 aliphatic rings. The molecule has 21 heavy (non-hydrogen) atoms. The highest BCUT2D eigenvalue weighted by Gasteiger charge is 2.40. The van der Waals surface area contributed by atoms with Gasteiger partial charge in [0.05, 0.1) is 17.0 Å². The molecule has 0 aliphatic carbocycles. The van der Waals surface area contributed by atoms with Gasteiger partial charge in [-0.25, -0.2) is 4.39 Å². The molecule has 0 saturated carbocycles. The van der Waals surface area contributed by atoms with Gasteiger partial charge in [-0.2, -0.15) is 5.26 Å². The molecule has 0 amide bonds. The van der Waals surface area contributed by atoms with E-state index in [1.165, 1.54) is 0 Å². The van der Waals surface area contributed by atoms with Crippen LogP contribution in [0.2, 0.25) is 5.02 Å². The average molecular weight is 309 g/mol. The Kier molecular flexibility index (Phi) is 4.91. The summed E-state index contributed by atoms with van der Waals surface area (Å²) in [6.07, 6.45) is 1.97. The molecule has 0 aromatic heterocycles. The van der Waals surface area contributed by atoms with Crippen LogP contribution in [0.25, 0.3) is 0 Å². The summed E-state index contributed by atoms with van der Waals surface area (Å²) in [4.78, 5) is 0. The van der Waals surface area contributed by atoms with Gasteiger partial charge in [0.2, 0.25) is 0 Å². The van der Waals surface area contributed by atoms with Crippen molar-refractivity contribution in [2.75, 3.05) is 6.54 Å². The molecule has 1 N–H and O–H groups in total. The number of hydrogen-bond acceptors (Lipinski definition) is 2. The fraction of sp³-hybridized carbons (Fsp3) is 0.588. The Morgan fingerprint density at radius 1 is 1.48 bits per heavy atom. The molecule has 0 spiro atoms. The van der Waals surface area contributed by atoms with Crippen molar-refractivity contribution in [2.24, 2.45) is 11.3 Å². The molecule has 114 valence electrons. The SMILES string of the molecule is CCC(C)(C)CC1NCC(c2cccc(Cl)c2F)C1C#N. The first-order valence-electron chi connectivity index (χ1n) is 7.46. The van der Waals surface area contributed by atoms with Crippen molar-refractivity contribution in [1.82, 2.24) is 5.32 Å². The van der Waals surface area contributed by atoms with Crippen molar-refractivity contribution in [2.45, 2.75) is 45.6 Å². The second-order valence-corrected chi connectivity index (χ2v) is 7.05. The fourth-order valence-electron chi connectivity index (χ4n) is 3.04. The minimum Gasteiger partial charge on any atom is -0.312 e. The topological polar surface area (TPSA) is 35.8 Å². The third-order valence-corrected chi connectivity index (χ3v) is 5.02. The molecule has 1 aliphatic heterocycles. The van der Waals surface area contributed by atoms with Gasteiger partial charge in [-0.15, -0.1) is 0 Å². The molecular weight excluding hydrogens is 287 g/mol. The Balaban J connectivity index is 2.24. The molecule has 2 nitrogen and oxygen atoms in total. The third kappa shape index (κ3) is 3.39. The number of rotatable bonds is 4. The average Bonchev–Trinajstić information content (AvgIpc) is 2.83. The number of nitriles is 1. The Morgan fingerprint density at radius 3 is 2.81 bits per heavy atom. The summed E-state index contributed by atoms with van der Waals surface area (Å²) in [5, 5.41) is 13.1. The molecule has 0 bridgehead atoms.